The van der Waals surface area contributed by atoms with Crippen molar-refractivity contribution in [1.82, 2.24) is 10.6 Å². The molecular formula is C15H18F4IN3. The van der Waals surface area contributed by atoms with E-state index in [2.05, 4.69) is 15.6 Å². The maximum Gasteiger partial charge on any atom is 0.416 e. The van der Waals surface area contributed by atoms with Crippen molar-refractivity contribution in [2.75, 3.05) is 7.05 Å². The molecule has 3 nitrogen and oxygen atoms in total. The van der Waals surface area contributed by atoms with Gasteiger partial charge in [-0.15, -0.1) is 24.0 Å². The van der Waals surface area contributed by atoms with Gasteiger partial charge in [-0.1, -0.05) is 18.2 Å². The molecule has 0 fully saturated rings. The van der Waals surface area contributed by atoms with Crippen molar-refractivity contribution in [3.05, 3.63) is 47.3 Å². The van der Waals surface area contributed by atoms with Crippen LogP contribution in [0.15, 0.2) is 35.3 Å². The van der Waals surface area contributed by atoms with Crippen LogP contribution in [0, 0.1) is 5.82 Å². The zero-order valence-electron chi connectivity index (χ0n) is 12.5. The van der Waals surface area contributed by atoms with Gasteiger partial charge in [0.05, 0.1) is 5.56 Å². The van der Waals surface area contributed by atoms with E-state index in [4.69, 9.17) is 0 Å². The van der Waals surface area contributed by atoms with Gasteiger partial charge in [0.25, 0.3) is 0 Å². The first-order valence-corrected chi connectivity index (χ1v) is 6.88. The fraction of sp³-hybridized carbons (Fsp3) is 0.400. The number of aliphatic imine (C=N–C) groups is 1. The van der Waals surface area contributed by atoms with Crippen LogP contribution >= 0.6 is 24.0 Å². The topological polar surface area (TPSA) is 36.4 Å². The SMILES string of the molecule is CN=C(NCc1ccc(F)cc1C(F)(F)F)NC1CC=CC1.I. The Labute approximate surface area is 149 Å². The number of hydrogen-bond donors (Lipinski definition) is 2. The van der Waals surface area contributed by atoms with Crippen molar-refractivity contribution in [1.29, 1.82) is 0 Å². The number of alkyl halides is 3. The number of nitrogens with one attached hydrogen (secondary N) is 2. The van der Waals surface area contributed by atoms with Crippen LogP contribution < -0.4 is 10.6 Å². The van der Waals surface area contributed by atoms with Crippen LogP contribution in [0.2, 0.25) is 0 Å². The number of rotatable bonds is 3. The molecule has 0 heterocycles. The lowest BCUT2D eigenvalue weighted by molar-refractivity contribution is -0.138. The average molecular weight is 443 g/mol. The van der Waals surface area contributed by atoms with Crippen LogP contribution in [0.3, 0.4) is 0 Å². The molecule has 2 N–H and O–H groups in total. The van der Waals surface area contributed by atoms with Crippen molar-refractivity contribution in [3.63, 3.8) is 0 Å². The third-order valence-corrected chi connectivity index (χ3v) is 3.40. The van der Waals surface area contributed by atoms with Gasteiger partial charge in [-0.3, -0.25) is 4.99 Å². The first-order valence-electron chi connectivity index (χ1n) is 6.88. The first kappa shape index (κ1) is 19.7. The highest BCUT2D eigenvalue weighted by Gasteiger charge is 2.33. The summed E-state index contributed by atoms with van der Waals surface area (Å²) in [5.74, 6) is -0.484. The Balaban J connectivity index is 0.00000264. The molecule has 1 aromatic carbocycles. The highest BCUT2D eigenvalue weighted by molar-refractivity contribution is 14.0. The summed E-state index contributed by atoms with van der Waals surface area (Å²) in [6.45, 7) is -0.0883. The maximum absolute atomic E-state index is 13.0. The quantitative estimate of drug-likeness (QED) is 0.245. The van der Waals surface area contributed by atoms with E-state index in [1.54, 1.807) is 7.05 Å². The minimum atomic E-state index is -4.59. The van der Waals surface area contributed by atoms with Crippen LogP contribution in [0.4, 0.5) is 17.6 Å². The van der Waals surface area contributed by atoms with E-state index in [9.17, 15) is 17.6 Å². The molecule has 128 valence electrons. The van der Waals surface area contributed by atoms with Gasteiger partial charge in [0, 0.05) is 19.6 Å². The number of guanidine groups is 1. The maximum atomic E-state index is 13.0. The van der Waals surface area contributed by atoms with Gasteiger partial charge in [-0.25, -0.2) is 4.39 Å². The Morgan fingerprint density at radius 2 is 1.91 bits per heavy atom. The molecule has 0 aromatic heterocycles. The van der Waals surface area contributed by atoms with E-state index in [1.165, 1.54) is 0 Å². The number of benzene rings is 1. The van der Waals surface area contributed by atoms with Gasteiger partial charge in [0.2, 0.25) is 0 Å². The molecule has 0 aliphatic heterocycles. The standard InChI is InChI=1S/C15H17F4N3.HI/c1-20-14(22-12-4-2-3-5-12)21-9-10-6-7-11(16)8-13(10)15(17,18)19;/h2-3,6-8,12H,4-5,9H2,1H3,(H2,20,21,22);1H. The summed E-state index contributed by atoms with van der Waals surface area (Å²) in [5.41, 5.74) is -1.00. The molecule has 0 atom stereocenters. The fourth-order valence-corrected chi connectivity index (χ4v) is 2.27. The van der Waals surface area contributed by atoms with E-state index in [-0.39, 0.29) is 42.1 Å². The largest absolute Gasteiger partial charge is 0.416 e. The minimum Gasteiger partial charge on any atom is -0.353 e. The lowest BCUT2D eigenvalue weighted by Gasteiger charge is -2.18. The third-order valence-electron chi connectivity index (χ3n) is 3.40. The highest BCUT2D eigenvalue weighted by atomic mass is 127. The van der Waals surface area contributed by atoms with Gasteiger partial charge < -0.3 is 10.6 Å². The van der Waals surface area contributed by atoms with E-state index < -0.39 is 17.6 Å². The predicted octanol–water partition coefficient (Wildman–Crippen LogP) is 3.85. The van der Waals surface area contributed by atoms with Crippen molar-refractivity contribution < 1.29 is 17.6 Å². The van der Waals surface area contributed by atoms with Crippen LogP contribution in [0.25, 0.3) is 0 Å². The molecule has 1 aromatic rings. The zero-order valence-corrected chi connectivity index (χ0v) is 14.8. The van der Waals surface area contributed by atoms with Gasteiger partial charge in [-0.2, -0.15) is 13.2 Å². The van der Waals surface area contributed by atoms with E-state index in [0.717, 1.165) is 25.0 Å². The smallest absolute Gasteiger partial charge is 0.353 e. The second-order valence-electron chi connectivity index (χ2n) is 5.01. The first-order chi connectivity index (χ1) is 10.4. The summed E-state index contributed by atoms with van der Waals surface area (Å²) in [6, 6.07) is 2.86. The summed E-state index contributed by atoms with van der Waals surface area (Å²) in [5, 5.41) is 5.96. The average Bonchev–Trinajstić information content (AvgIpc) is 2.96. The molecule has 8 heteroatoms. The van der Waals surface area contributed by atoms with Gasteiger partial charge >= 0.3 is 6.18 Å². The summed E-state index contributed by atoms with van der Waals surface area (Å²) in [6.07, 6.45) is 1.18. The molecule has 0 saturated carbocycles. The number of nitrogens with zero attached hydrogens (tertiary/aromatic N) is 1. The molecule has 23 heavy (non-hydrogen) atoms. The summed E-state index contributed by atoms with van der Waals surface area (Å²) in [7, 11) is 1.55. The molecule has 0 saturated heterocycles. The second kappa shape index (κ2) is 8.51. The van der Waals surface area contributed by atoms with Crippen molar-refractivity contribution in [3.8, 4) is 0 Å². The Hall–Kier alpha value is -1.32. The Morgan fingerprint density at radius 3 is 2.48 bits per heavy atom. The van der Waals surface area contributed by atoms with Crippen LogP contribution in [0.1, 0.15) is 24.0 Å². The molecule has 0 unspecified atom stereocenters. The predicted molar refractivity (Wildman–Crippen MR) is 92.3 cm³/mol. The lowest BCUT2D eigenvalue weighted by Crippen LogP contribution is -2.42. The van der Waals surface area contributed by atoms with Gasteiger partial charge in [0.1, 0.15) is 5.82 Å². The monoisotopic (exact) mass is 443 g/mol. The third kappa shape index (κ3) is 5.67. The highest BCUT2D eigenvalue weighted by Crippen LogP contribution is 2.32. The Bertz CT molecular complexity index is 577. The second-order valence-corrected chi connectivity index (χ2v) is 5.01. The Kier molecular flexibility index (Phi) is 7.30. The fourth-order valence-electron chi connectivity index (χ4n) is 2.27. The summed E-state index contributed by atoms with van der Waals surface area (Å²) in [4.78, 5) is 3.99. The van der Waals surface area contributed by atoms with Crippen LogP contribution in [-0.4, -0.2) is 19.0 Å². The molecule has 0 amide bonds. The van der Waals surface area contributed by atoms with Crippen LogP contribution in [-0.2, 0) is 12.7 Å². The van der Waals surface area contributed by atoms with Crippen LogP contribution in [0.5, 0.6) is 0 Å². The normalized spacial score (nSPS) is 15.4. The van der Waals surface area contributed by atoms with Crippen molar-refractivity contribution in [2.24, 2.45) is 4.99 Å². The zero-order chi connectivity index (χ0) is 16.2. The van der Waals surface area contributed by atoms with E-state index in [0.29, 0.717) is 12.0 Å². The van der Waals surface area contributed by atoms with Gasteiger partial charge in [0.15, 0.2) is 5.96 Å². The lowest BCUT2D eigenvalue weighted by atomic mass is 10.1. The molecule has 0 spiro atoms. The number of hydrogen-bond acceptors (Lipinski definition) is 1. The Morgan fingerprint density at radius 1 is 1.26 bits per heavy atom. The minimum absolute atomic E-state index is 0. The molecule has 0 radical (unpaired) electrons. The molecule has 1 aliphatic carbocycles. The van der Waals surface area contributed by atoms with Crippen molar-refractivity contribution >= 4 is 29.9 Å². The molecule has 0 bridgehead atoms. The van der Waals surface area contributed by atoms with Crippen molar-refractivity contribution in [2.45, 2.75) is 31.6 Å². The van der Waals surface area contributed by atoms with E-state index >= 15 is 0 Å². The molecular weight excluding hydrogens is 425 g/mol. The number of halogens is 5. The van der Waals surface area contributed by atoms with Gasteiger partial charge in [-0.05, 0) is 30.5 Å². The molecule has 2 rings (SSSR count). The summed E-state index contributed by atoms with van der Waals surface area (Å²) < 4.78 is 51.8. The van der Waals surface area contributed by atoms with E-state index in [1.807, 2.05) is 12.2 Å². The summed E-state index contributed by atoms with van der Waals surface area (Å²) >= 11 is 0. The molecule has 1 aliphatic rings.